The summed E-state index contributed by atoms with van der Waals surface area (Å²) in [4.78, 5) is 48.2. The minimum atomic E-state index is -1.25. The van der Waals surface area contributed by atoms with Crippen LogP contribution in [0, 0.1) is 16.0 Å². The monoisotopic (exact) mass is 457 g/mol. The quantitative estimate of drug-likeness (QED) is 0.317. The van der Waals surface area contributed by atoms with E-state index in [1.54, 1.807) is 38.1 Å². The SMILES string of the molecule is CCOc1ccc(C(=O)N[C@H](C(=O)OC(C)C(=O)Nc2ccccc2[N+](=O)[O-])C(C)C)cc1. The van der Waals surface area contributed by atoms with Gasteiger partial charge in [-0.1, -0.05) is 26.0 Å². The number of nitro groups is 1. The molecule has 0 aliphatic rings. The maximum atomic E-state index is 12.7. The molecule has 0 aliphatic heterocycles. The first kappa shape index (κ1) is 25.3. The number of anilines is 1. The predicted octanol–water partition coefficient (Wildman–Crippen LogP) is 3.32. The zero-order valence-corrected chi connectivity index (χ0v) is 18.9. The lowest BCUT2D eigenvalue weighted by Crippen LogP contribution is -2.47. The number of rotatable bonds is 10. The second kappa shape index (κ2) is 11.6. The second-order valence-corrected chi connectivity index (χ2v) is 7.50. The van der Waals surface area contributed by atoms with E-state index in [0.29, 0.717) is 17.9 Å². The van der Waals surface area contributed by atoms with E-state index < -0.39 is 34.9 Å². The molecule has 0 spiro atoms. The van der Waals surface area contributed by atoms with Crippen molar-refractivity contribution in [3.05, 3.63) is 64.2 Å². The van der Waals surface area contributed by atoms with Crippen molar-refractivity contribution >= 4 is 29.2 Å². The Bertz CT molecular complexity index is 1010. The summed E-state index contributed by atoms with van der Waals surface area (Å²) in [5, 5.41) is 16.1. The van der Waals surface area contributed by atoms with Gasteiger partial charge in [-0.05, 0) is 50.1 Å². The Balaban J connectivity index is 2.03. The molecular formula is C23H27N3O7. The summed E-state index contributed by atoms with van der Waals surface area (Å²) in [7, 11) is 0. The van der Waals surface area contributed by atoms with Gasteiger partial charge < -0.3 is 20.1 Å². The van der Waals surface area contributed by atoms with Gasteiger partial charge in [0.1, 0.15) is 17.5 Å². The number of nitrogens with zero attached hydrogens (tertiary/aromatic N) is 1. The number of esters is 1. The molecule has 0 aliphatic carbocycles. The summed E-state index contributed by atoms with van der Waals surface area (Å²) in [6, 6.07) is 11.1. The number of ether oxygens (including phenoxy) is 2. The maximum absolute atomic E-state index is 12.7. The molecule has 0 saturated carbocycles. The van der Waals surface area contributed by atoms with Crippen LogP contribution in [0.25, 0.3) is 0 Å². The highest BCUT2D eigenvalue weighted by atomic mass is 16.6. The van der Waals surface area contributed by atoms with Crippen LogP contribution in [0.15, 0.2) is 48.5 Å². The van der Waals surface area contributed by atoms with Crippen molar-refractivity contribution in [3.63, 3.8) is 0 Å². The number of amides is 2. The highest BCUT2D eigenvalue weighted by molar-refractivity contribution is 5.99. The van der Waals surface area contributed by atoms with E-state index >= 15 is 0 Å². The van der Waals surface area contributed by atoms with Crippen LogP contribution in [-0.2, 0) is 14.3 Å². The zero-order chi connectivity index (χ0) is 24.5. The van der Waals surface area contributed by atoms with E-state index in [-0.39, 0.29) is 17.3 Å². The lowest BCUT2D eigenvalue weighted by Gasteiger charge is -2.23. The summed E-state index contributed by atoms with van der Waals surface area (Å²) in [5.41, 5.74) is 0.0331. The molecule has 0 bridgehead atoms. The fourth-order valence-electron chi connectivity index (χ4n) is 2.87. The number of benzene rings is 2. The van der Waals surface area contributed by atoms with Crippen LogP contribution in [0.1, 0.15) is 38.1 Å². The van der Waals surface area contributed by atoms with Crippen LogP contribution in [0.5, 0.6) is 5.75 Å². The number of carbonyl (C=O) groups is 3. The molecule has 10 heteroatoms. The van der Waals surface area contributed by atoms with E-state index in [2.05, 4.69) is 10.6 Å². The van der Waals surface area contributed by atoms with Gasteiger partial charge in [0, 0.05) is 11.6 Å². The van der Waals surface area contributed by atoms with Gasteiger partial charge in [0.2, 0.25) is 0 Å². The van der Waals surface area contributed by atoms with Crippen LogP contribution < -0.4 is 15.4 Å². The van der Waals surface area contributed by atoms with E-state index in [0.717, 1.165) is 0 Å². The molecular weight excluding hydrogens is 430 g/mol. The van der Waals surface area contributed by atoms with Crippen molar-refractivity contribution < 1.29 is 28.8 Å². The summed E-state index contributed by atoms with van der Waals surface area (Å²) in [5.74, 6) is -1.72. The molecule has 10 nitrogen and oxygen atoms in total. The summed E-state index contributed by atoms with van der Waals surface area (Å²) >= 11 is 0. The lowest BCUT2D eigenvalue weighted by molar-refractivity contribution is -0.383. The number of nitro benzene ring substituents is 1. The lowest BCUT2D eigenvalue weighted by atomic mass is 10.0. The summed E-state index contributed by atoms with van der Waals surface area (Å²) < 4.78 is 10.6. The minimum absolute atomic E-state index is 0.0142. The molecule has 2 aromatic rings. The molecule has 33 heavy (non-hydrogen) atoms. The second-order valence-electron chi connectivity index (χ2n) is 7.50. The number of nitrogens with one attached hydrogen (secondary N) is 2. The topological polar surface area (TPSA) is 137 Å². The Morgan fingerprint density at radius 1 is 1.03 bits per heavy atom. The maximum Gasteiger partial charge on any atom is 0.329 e. The van der Waals surface area contributed by atoms with Crippen LogP contribution >= 0.6 is 0 Å². The molecule has 2 amide bonds. The van der Waals surface area contributed by atoms with Gasteiger partial charge in [-0.3, -0.25) is 19.7 Å². The molecule has 176 valence electrons. The normalized spacial score (nSPS) is 12.4. The fraction of sp³-hybridized carbons (Fsp3) is 0.348. The first-order valence-corrected chi connectivity index (χ1v) is 10.4. The van der Waals surface area contributed by atoms with Gasteiger partial charge in [-0.2, -0.15) is 0 Å². The van der Waals surface area contributed by atoms with E-state index in [1.807, 2.05) is 6.92 Å². The highest BCUT2D eigenvalue weighted by Gasteiger charge is 2.30. The number of carbonyl (C=O) groups excluding carboxylic acids is 3. The molecule has 0 aromatic heterocycles. The minimum Gasteiger partial charge on any atom is -0.494 e. The molecule has 2 rings (SSSR count). The Morgan fingerprint density at radius 3 is 2.24 bits per heavy atom. The molecule has 0 saturated heterocycles. The number of hydrogen-bond donors (Lipinski definition) is 2. The van der Waals surface area contributed by atoms with Crippen molar-refractivity contribution in [3.8, 4) is 5.75 Å². The molecule has 1 unspecified atom stereocenters. The smallest absolute Gasteiger partial charge is 0.329 e. The van der Waals surface area contributed by atoms with Crippen LogP contribution in [0.4, 0.5) is 11.4 Å². The molecule has 2 atom stereocenters. The van der Waals surface area contributed by atoms with Crippen LogP contribution in [-0.4, -0.2) is 41.5 Å². The highest BCUT2D eigenvalue weighted by Crippen LogP contribution is 2.23. The third kappa shape index (κ3) is 7.03. The van der Waals surface area contributed by atoms with E-state index in [9.17, 15) is 24.5 Å². The Morgan fingerprint density at radius 2 is 1.67 bits per heavy atom. The van der Waals surface area contributed by atoms with Gasteiger partial charge >= 0.3 is 5.97 Å². The third-order valence-corrected chi connectivity index (χ3v) is 4.66. The van der Waals surface area contributed by atoms with Crippen molar-refractivity contribution in [2.45, 2.75) is 39.8 Å². The van der Waals surface area contributed by atoms with Crippen molar-refractivity contribution in [2.24, 2.45) is 5.92 Å². The molecule has 0 radical (unpaired) electrons. The molecule has 0 fully saturated rings. The van der Waals surface area contributed by atoms with Gasteiger partial charge in [0.05, 0.1) is 11.5 Å². The van der Waals surface area contributed by atoms with Gasteiger partial charge in [0.25, 0.3) is 17.5 Å². The molecule has 2 N–H and O–H groups in total. The molecule has 2 aromatic carbocycles. The van der Waals surface area contributed by atoms with Crippen LogP contribution in [0.2, 0.25) is 0 Å². The van der Waals surface area contributed by atoms with Crippen LogP contribution in [0.3, 0.4) is 0 Å². The number of para-hydroxylation sites is 2. The van der Waals surface area contributed by atoms with Gasteiger partial charge in [0.15, 0.2) is 6.10 Å². The summed E-state index contributed by atoms with van der Waals surface area (Å²) in [6.07, 6.45) is -1.25. The van der Waals surface area contributed by atoms with Crippen molar-refractivity contribution in [1.82, 2.24) is 5.32 Å². The van der Waals surface area contributed by atoms with E-state index in [1.165, 1.54) is 31.2 Å². The summed E-state index contributed by atoms with van der Waals surface area (Å²) in [6.45, 7) is 7.14. The van der Waals surface area contributed by atoms with Crippen molar-refractivity contribution in [1.29, 1.82) is 0 Å². The van der Waals surface area contributed by atoms with Crippen molar-refractivity contribution in [2.75, 3.05) is 11.9 Å². The predicted molar refractivity (Wildman–Crippen MR) is 121 cm³/mol. The standard InChI is InChI=1S/C23H27N3O7/c1-5-32-17-12-10-16(11-13-17)22(28)25-20(14(2)3)23(29)33-15(4)21(27)24-18-8-6-7-9-19(18)26(30)31/h6-15,20H,5H2,1-4H3,(H,24,27)(H,25,28)/t15?,20-/m0/s1. The largest absolute Gasteiger partial charge is 0.494 e. The fourth-order valence-corrected chi connectivity index (χ4v) is 2.87. The first-order valence-electron chi connectivity index (χ1n) is 10.4. The Hall–Kier alpha value is -3.95. The van der Waals surface area contributed by atoms with E-state index in [4.69, 9.17) is 9.47 Å². The first-order chi connectivity index (χ1) is 15.6. The van der Waals surface area contributed by atoms with Gasteiger partial charge in [-0.25, -0.2) is 4.79 Å². The average Bonchev–Trinajstić information content (AvgIpc) is 2.77. The Kier molecular flexibility index (Phi) is 8.90. The van der Waals surface area contributed by atoms with Gasteiger partial charge in [-0.15, -0.1) is 0 Å². The number of hydrogen-bond acceptors (Lipinski definition) is 7. The molecule has 0 heterocycles. The Labute approximate surface area is 191 Å². The third-order valence-electron chi connectivity index (χ3n) is 4.66. The zero-order valence-electron chi connectivity index (χ0n) is 18.9. The average molecular weight is 457 g/mol.